The normalized spacial score (nSPS) is 13.3. The standard InChI is InChI=1S/C13H24N2S/c1-5-11-9-15-13(16-11)7-8-14-12(6-2)10(3)4/h9-10,12,14H,5-8H2,1-4H3. The monoisotopic (exact) mass is 240 g/mol. The van der Waals surface area contributed by atoms with Crippen LogP contribution in [0.25, 0.3) is 0 Å². The fourth-order valence-corrected chi connectivity index (χ4v) is 2.70. The second-order valence-corrected chi connectivity index (χ2v) is 5.74. The molecule has 0 aliphatic carbocycles. The molecule has 0 bridgehead atoms. The van der Waals surface area contributed by atoms with Crippen molar-refractivity contribution in [2.75, 3.05) is 6.54 Å². The van der Waals surface area contributed by atoms with E-state index < -0.39 is 0 Å². The maximum absolute atomic E-state index is 4.43. The summed E-state index contributed by atoms with van der Waals surface area (Å²) < 4.78 is 0. The van der Waals surface area contributed by atoms with Crippen LogP contribution in [0.5, 0.6) is 0 Å². The van der Waals surface area contributed by atoms with E-state index in [0.717, 1.165) is 19.4 Å². The molecular formula is C13H24N2S. The van der Waals surface area contributed by atoms with Gasteiger partial charge in [-0.25, -0.2) is 4.98 Å². The molecule has 1 heterocycles. The summed E-state index contributed by atoms with van der Waals surface area (Å²) in [7, 11) is 0. The maximum atomic E-state index is 4.43. The van der Waals surface area contributed by atoms with Crippen molar-refractivity contribution in [3.63, 3.8) is 0 Å². The van der Waals surface area contributed by atoms with Gasteiger partial charge in [-0.1, -0.05) is 27.7 Å². The predicted octanol–water partition coefficient (Wildman–Crippen LogP) is 3.27. The molecule has 0 saturated carbocycles. The number of nitrogens with one attached hydrogen (secondary N) is 1. The van der Waals surface area contributed by atoms with Crippen molar-refractivity contribution in [3.05, 3.63) is 16.1 Å². The van der Waals surface area contributed by atoms with Gasteiger partial charge < -0.3 is 5.32 Å². The van der Waals surface area contributed by atoms with Gasteiger partial charge in [0.25, 0.3) is 0 Å². The Morgan fingerprint density at radius 2 is 2.12 bits per heavy atom. The molecule has 92 valence electrons. The summed E-state index contributed by atoms with van der Waals surface area (Å²) in [5.74, 6) is 0.715. The van der Waals surface area contributed by atoms with E-state index in [4.69, 9.17) is 0 Å². The number of thiazole rings is 1. The van der Waals surface area contributed by atoms with Crippen LogP contribution in [0, 0.1) is 5.92 Å². The van der Waals surface area contributed by atoms with Crippen molar-refractivity contribution in [2.45, 2.75) is 53.0 Å². The van der Waals surface area contributed by atoms with Crippen molar-refractivity contribution in [2.24, 2.45) is 5.92 Å². The molecule has 3 heteroatoms. The van der Waals surface area contributed by atoms with E-state index in [2.05, 4.69) is 38.0 Å². The van der Waals surface area contributed by atoms with Crippen molar-refractivity contribution >= 4 is 11.3 Å². The van der Waals surface area contributed by atoms with E-state index in [0.29, 0.717) is 12.0 Å². The molecule has 0 fully saturated rings. The Morgan fingerprint density at radius 1 is 1.38 bits per heavy atom. The zero-order valence-electron chi connectivity index (χ0n) is 10.9. The van der Waals surface area contributed by atoms with Gasteiger partial charge in [0.2, 0.25) is 0 Å². The predicted molar refractivity (Wildman–Crippen MR) is 72.1 cm³/mol. The van der Waals surface area contributed by atoms with Gasteiger partial charge in [-0.3, -0.25) is 0 Å². The van der Waals surface area contributed by atoms with Crippen LogP contribution in [0.2, 0.25) is 0 Å². The fourth-order valence-electron chi connectivity index (χ4n) is 1.84. The molecule has 2 nitrogen and oxygen atoms in total. The summed E-state index contributed by atoms with van der Waals surface area (Å²) in [4.78, 5) is 5.83. The average molecular weight is 240 g/mol. The number of hydrogen-bond acceptors (Lipinski definition) is 3. The van der Waals surface area contributed by atoms with Gasteiger partial charge in [-0.2, -0.15) is 0 Å². The minimum atomic E-state index is 0.644. The van der Waals surface area contributed by atoms with Gasteiger partial charge in [-0.05, 0) is 18.8 Å². The van der Waals surface area contributed by atoms with Crippen LogP contribution in [-0.2, 0) is 12.8 Å². The molecule has 0 spiro atoms. The van der Waals surface area contributed by atoms with Crippen LogP contribution < -0.4 is 5.32 Å². The molecule has 0 aromatic carbocycles. The van der Waals surface area contributed by atoms with Gasteiger partial charge in [0.05, 0.1) is 5.01 Å². The van der Waals surface area contributed by atoms with Crippen molar-refractivity contribution < 1.29 is 0 Å². The molecular weight excluding hydrogens is 216 g/mol. The molecule has 1 rings (SSSR count). The molecule has 1 aromatic heterocycles. The Bertz CT molecular complexity index is 294. The first-order valence-corrected chi connectivity index (χ1v) is 7.16. The van der Waals surface area contributed by atoms with E-state index in [1.807, 2.05) is 17.5 Å². The molecule has 1 unspecified atom stereocenters. The number of hydrogen-bond donors (Lipinski definition) is 1. The minimum absolute atomic E-state index is 0.644. The Balaban J connectivity index is 2.29. The van der Waals surface area contributed by atoms with E-state index in [9.17, 15) is 0 Å². The first-order valence-electron chi connectivity index (χ1n) is 6.34. The van der Waals surface area contributed by atoms with Crippen LogP contribution in [0.1, 0.15) is 44.0 Å². The average Bonchev–Trinajstić information content (AvgIpc) is 2.71. The van der Waals surface area contributed by atoms with Crippen LogP contribution in [0.4, 0.5) is 0 Å². The van der Waals surface area contributed by atoms with Crippen LogP contribution >= 0.6 is 11.3 Å². The van der Waals surface area contributed by atoms with E-state index >= 15 is 0 Å². The van der Waals surface area contributed by atoms with Crippen LogP contribution in [0.15, 0.2) is 6.20 Å². The minimum Gasteiger partial charge on any atom is -0.313 e. The second-order valence-electron chi connectivity index (χ2n) is 4.54. The largest absolute Gasteiger partial charge is 0.313 e. The Hall–Kier alpha value is -0.410. The molecule has 1 atom stereocenters. The van der Waals surface area contributed by atoms with Gasteiger partial charge in [0.1, 0.15) is 0 Å². The summed E-state index contributed by atoms with van der Waals surface area (Å²) in [6, 6.07) is 0.644. The highest BCUT2D eigenvalue weighted by atomic mass is 32.1. The third kappa shape index (κ3) is 4.22. The maximum Gasteiger partial charge on any atom is 0.0940 e. The number of rotatable bonds is 7. The first-order chi connectivity index (χ1) is 7.67. The van der Waals surface area contributed by atoms with Gasteiger partial charge in [-0.15, -0.1) is 11.3 Å². The molecule has 1 N–H and O–H groups in total. The number of aryl methyl sites for hydroxylation is 1. The van der Waals surface area contributed by atoms with Crippen molar-refractivity contribution in [1.29, 1.82) is 0 Å². The molecule has 0 radical (unpaired) electrons. The summed E-state index contributed by atoms with van der Waals surface area (Å²) in [5.41, 5.74) is 0. The lowest BCUT2D eigenvalue weighted by molar-refractivity contribution is 0.391. The highest BCUT2D eigenvalue weighted by Gasteiger charge is 2.09. The summed E-state index contributed by atoms with van der Waals surface area (Å²) >= 11 is 1.85. The third-order valence-corrected chi connectivity index (χ3v) is 4.14. The Morgan fingerprint density at radius 3 is 2.62 bits per heavy atom. The Kier molecular flexibility index (Phi) is 5.99. The molecule has 0 aliphatic rings. The van der Waals surface area contributed by atoms with Crippen LogP contribution in [-0.4, -0.2) is 17.6 Å². The molecule has 0 amide bonds. The lowest BCUT2D eigenvalue weighted by atomic mass is 10.0. The topological polar surface area (TPSA) is 24.9 Å². The van der Waals surface area contributed by atoms with E-state index in [-0.39, 0.29) is 0 Å². The summed E-state index contributed by atoms with van der Waals surface area (Å²) in [6.07, 6.45) is 5.39. The third-order valence-electron chi connectivity index (χ3n) is 2.94. The highest BCUT2D eigenvalue weighted by molar-refractivity contribution is 7.11. The van der Waals surface area contributed by atoms with Gasteiger partial charge in [0, 0.05) is 30.1 Å². The van der Waals surface area contributed by atoms with Crippen molar-refractivity contribution in [3.8, 4) is 0 Å². The molecule has 0 aliphatic heterocycles. The fraction of sp³-hybridized carbons (Fsp3) is 0.769. The van der Waals surface area contributed by atoms with Crippen LogP contribution in [0.3, 0.4) is 0 Å². The molecule has 1 aromatic rings. The lowest BCUT2D eigenvalue weighted by Gasteiger charge is -2.20. The quantitative estimate of drug-likeness (QED) is 0.791. The van der Waals surface area contributed by atoms with Gasteiger partial charge in [0.15, 0.2) is 0 Å². The summed E-state index contributed by atoms with van der Waals surface area (Å²) in [5, 5.41) is 4.88. The van der Waals surface area contributed by atoms with Gasteiger partial charge >= 0.3 is 0 Å². The number of nitrogens with zero attached hydrogens (tertiary/aromatic N) is 1. The molecule has 0 saturated heterocycles. The van der Waals surface area contributed by atoms with E-state index in [1.165, 1.54) is 16.3 Å². The zero-order valence-corrected chi connectivity index (χ0v) is 11.7. The molecule has 16 heavy (non-hydrogen) atoms. The highest BCUT2D eigenvalue weighted by Crippen LogP contribution is 2.13. The number of aromatic nitrogens is 1. The summed E-state index contributed by atoms with van der Waals surface area (Å²) in [6.45, 7) is 10.0. The van der Waals surface area contributed by atoms with E-state index in [1.54, 1.807) is 0 Å². The van der Waals surface area contributed by atoms with Crippen molar-refractivity contribution in [1.82, 2.24) is 10.3 Å². The smallest absolute Gasteiger partial charge is 0.0940 e. The SMILES string of the molecule is CCc1cnc(CCNC(CC)C(C)C)s1. The Labute approximate surface area is 103 Å². The zero-order chi connectivity index (χ0) is 12.0. The first kappa shape index (κ1) is 13.7. The lowest BCUT2D eigenvalue weighted by Crippen LogP contribution is -2.34. The second kappa shape index (κ2) is 7.02.